The first-order valence-electron chi connectivity index (χ1n) is 6.75. The molecule has 2 aromatic rings. The summed E-state index contributed by atoms with van der Waals surface area (Å²) in [5, 5.41) is 0. The van der Waals surface area contributed by atoms with Gasteiger partial charge in [-0.1, -0.05) is 6.07 Å². The first kappa shape index (κ1) is 14.7. The van der Waals surface area contributed by atoms with Gasteiger partial charge < -0.3 is 10.5 Å². The number of hydrogen-bond acceptors (Lipinski definition) is 6. The van der Waals surface area contributed by atoms with Crippen LogP contribution in [0.1, 0.15) is 11.3 Å². The first-order chi connectivity index (χ1) is 10.5. The van der Waals surface area contributed by atoms with Crippen molar-refractivity contribution in [1.29, 1.82) is 0 Å². The van der Waals surface area contributed by atoms with Crippen LogP contribution in [0.5, 0.6) is 5.75 Å². The molecule has 0 amide bonds. The van der Waals surface area contributed by atoms with Crippen molar-refractivity contribution in [3.8, 4) is 5.75 Å². The van der Waals surface area contributed by atoms with Gasteiger partial charge in [0.1, 0.15) is 5.75 Å². The number of ether oxygens (including phenoxy) is 1. The van der Waals surface area contributed by atoms with Crippen LogP contribution in [0.25, 0.3) is 0 Å². The van der Waals surface area contributed by atoms with Crippen LogP contribution in [0.15, 0.2) is 35.4 Å². The summed E-state index contributed by atoms with van der Waals surface area (Å²) in [6.07, 6.45) is 2.23. The summed E-state index contributed by atoms with van der Waals surface area (Å²) in [6, 6.07) is 6.43. The number of rotatable bonds is 3. The van der Waals surface area contributed by atoms with Crippen LogP contribution in [0.2, 0.25) is 0 Å². The SMILES string of the molecule is COc1cccc(S(=O)(=O)N2CCc3cnc(N)nc3C2)c1. The smallest absolute Gasteiger partial charge is 0.243 e. The number of aromatic nitrogens is 2. The van der Waals surface area contributed by atoms with Crippen molar-refractivity contribution < 1.29 is 13.2 Å². The van der Waals surface area contributed by atoms with Gasteiger partial charge in [0.15, 0.2) is 0 Å². The fourth-order valence-corrected chi connectivity index (χ4v) is 3.85. The maximum absolute atomic E-state index is 12.7. The topological polar surface area (TPSA) is 98.4 Å². The molecule has 0 spiro atoms. The molecule has 0 aliphatic carbocycles. The molecule has 1 aromatic carbocycles. The predicted octanol–water partition coefficient (Wildman–Crippen LogP) is 0.814. The molecule has 0 saturated heterocycles. The number of nitrogen functional groups attached to an aromatic ring is 1. The van der Waals surface area contributed by atoms with Crippen LogP contribution in [-0.2, 0) is 23.0 Å². The zero-order chi connectivity index (χ0) is 15.7. The molecule has 116 valence electrons. The normalized spacial score (nSPS) is 15.3. The van der Waals surface area contributed by atoms with Crippen molar-refractivity contribution in [3.63, 3.8) is 0 Å². The molecule has 22 heavy (non-hydrogen) atoms. The Kier molecular flexibility index (Phi) is 3.71. The lowest BCUT2D eigenvalue weighted by Crippen LogP contribution is -2.36. The van der Waals surface area contributed by atoms with Gasteiger partial charge >= 0.3 is 0 Å². The highest BCUT2D eigenvalue weighted by Gasteiger charge is 2.29. The van der Waals surface area contributed by atoms with Crippen molar-refractivity contribution in [1.82, 2.24) is 14.3 Å². The van der Waals surface area contributed by atoms with Crippen LogP contribution in [0.3, 0.4) is 0 Å². The molecule has 0 saturated carbocycles. The molecule has 0 atom stereocenters. The Morgan fingerprint density at radius 1 is 1.36 bits per heavy atom. The molecule has 7 nitrogen and oxygen atoms in total. The Morgan fingerprint density at radius 3 is 2.95 bits per heavy atom. The predicted molar refractivity (Wildman–Crippen MR) is 80.7 cm³/mol. The van der Waals surface area contributed by atoms with Gasteiger partial charge in [-0.3, -0.25) is 0 Å². The average molecular weight is 320 g/mol. The number of hydrogen-bond donors (Lipinski definition) is 1. The van der Waals surface area contributed by atoms with E-state index in [0.29, 0.717) is 24.4 Å². The molecular weight excluding hydrogens is 304 g/mol. The Morgan fingerprint density at radius 2 is 2.18 bits per heavy atom. The lowest BCUT2D eigenvalue weighted by Gasteiger charge is -2.27. The monoisotopic (exact) mass is 320 g/mol. The van der Waals surface area contributed by atoms with Crippen LogP contribution in [0, 0.1) is 0 Å². The number of methoxy groups -OCH3 is 1. The molecule has 2 heterocycles. The van der Waals surface area contributed by atoms with E-state index in [-0.39, 0.29) is 17.4 Å². The van der Waals surface area contributed by atoms with E-state index in [2.05, 4.69) is 9.97 Å². The van der Waals surface area contributed by atoms with Crippen LogP contribution in [0.4, 0.5) is 5.95 Å². The zero-order valence-electron chi connectivity index (χ0n) is 12.1. The van der Waals surface area contributed by atoms with Crippen molar-refractivity contribution in [2.45, 2.75) is 17.9 Å². The molecule has 1 aliphatic rings. The van der Waals surface area contributed by atoms with E-state index >= 15 is 0 Å². The third-order valence-electron chi connectivity index (χ3n) is 3.61. The lowest BCUT2D eigenvalue weighted by molar-refractivity contribution is 0.383. The highest BCUT2D eigenvalue weighted by molar-refractivity contribution is 7.89. The van der Waals surface area contributed by atoms with Gasteiger partial charge in [-0.25, -0.2) is 18.4 Å². The number of nitrogens with two attached hydrogens (primary N) is 1. The number of nitrogens with zero attached hydrogens (tertiary/aromatic N) is 3. The summed E-state index contributed by atoms with van der Waals surface area (Å²) in [4.78, 5) is 8.29. The maximum atomic E-state index is 12.7. The molecular formula is C14H16N4O3S. The van der Waals surface area contributed by atoms with E-state index in [9.17, 15) is 8.42 Å². The number of fused-ring (bicyclic) bond motifs is 1. The minimum atomic E-state index is -3.60. The number of sulfonamides is 1. The first-order valence-corrected chi connectivity index (χ1v) is 8.19. The van der Waals surface area contributed by atoms with E-state index < -0.39 is 10.0 Å². The van der Waals surface area contributed by atoms with E-state index in [1.54, 1.807) is 24.4 Å². The third-order valence-corrected chi connectivity index (χ3v) is 5.45. The van der Waals surface area contributed by atoms with Gasteiger partial charge in [0.25, 0.3) is 0 Å². The van der Waals surface area contributed by atoms with Gasteiger partial charge in [0.05, 0.1) is 24.2 Å². The second-order valence-corrected chi connectivity index (χ2v) is 6.91. The summed E-state index contributed by atoms with van der Waals surface area (Å²) in [7, 11) is -2.10. The quantitative estimate of drug-likeness (QED) is 0.899. The molecule has 8 heteroatoms. The molecule has 0 unspecified atom stereocenters. The molecule has 1 aromatic heterocycles. The van der Waals surface area contributed by atoms with Gasteiger partial charge in [0.2, 0.25) is 16.0 Å². The van der Waals surface area contributed by atoms with Gasteiger partial charge in [-0.05, 0) is 24.1 Å². The van der Waals surface area contributed by atoms with Crippen LogP contribution < -0.4 is 10.5 Å². The van der Waals surface area contributed by atoms with Crippen molar-refractivity contribution in [3.05, 3.63) is 41.7 Å². The molecule has 0 fully saturated rings. The standard InChI is InChI=1S/C14H16N4O3S/c1-21-11-3-2-4-12(7-11)22(19,20)18-6-5-10-8-16-14(15)17-13(10)9-18/h2-4,7-8H,5-6,9H2,1H3,(H2,15,16,17). The fourth-order valence-electron chi connectivity index (χ4n) is 2.41. The van der Waals surface area contributed by atoms with Crippen LogP contribution in [-0.4, -0.2) is 36.3 Å². The van der Waals surface area contributed by atoms with Gasteiger partial charge in [-0.15, -0.1) is 0 Å². The van der Waals surface area contributed by atoms with E-state index in [1.165, 1.54) is 17.5 Å². The summed E-state index contributed by atoms with van der Waals surface area (Å²) >= 11 is 0. The van der Waals surface area contributed by atoms with E-state index in [1.807, 2.05) is 0 Å². The zero-order valence-corrected chi connectivity index (χ0v) is 12.9. The van der Waals surface area contributed by atoms with Crippen molar-refractivity contribution in [2.24, 2.45) is 0 Å². The van der Waals surface area contributed by atoms with Gasteiger partial charge in [0, 0.05) is 18.8 Å². The average Bonchev–Trinajstić information content (AvgIpc) is 2.54. The Balaban J connectivity index is 1.93. The maximum Gasteiger partial charge on any atom is 0.243 e. The summed E-state index contributed by atoms with van der Waals surface area (Å²) in [6.45, 7) is 0.585. The Bertz CT molecular complexity index is 807. The molecule has 1 aliphatic heterocycles. The molecule has 0 bridgehead atoms. The molecule has 0 radical (unpaired) electrons. The minimum absolute atomic E-state index is 0.152. The number of benzene rings is 1. The summed E-state index contributed by atoms with van der Waals surface area (Å²) in [5.41, 5.74) is 7.17. The van der Waals surface area contributed by atoms with E-state index in [0.717, 1.165) is 5.56 Å². The highest BCUT2D eigenvalue weighted by atomic mass is 32.2. The van der Waals surface area contributed by atoms with Gasteiger partial charge in [-0.2, -0.15) is 4.31 Å². The minimum Gasteiger partial charge on any atom is -0.497 e. The fraction of sp³-hybridized carbons (Fsp3) is 0.286. The Labute approximate surface area is 128 Å². The highest BCUT2D eigenvalue weighted by Crippen LogP contribution is 2.25. The summed E-state index contributed by atoms with van der Waals surface area (Å²) in [5.74, 6) is 0.657. The van der Waals surface area contributed by atoms with Crippen LogP contribution >= 0.6 is 0 Å². The Hall–Kier alpha value is -2.19. The second-order valence-electron chi connectivity index (χ2n) is 4.97. The van der Waals surface area contributed by atoms with Crippen molar-refractivity contribution in [2.75, 3.05) is 19.4 Å². The molecule has 2 N–H and O–H groups in total. The number of anilines is 1. The third kappa shape index (κ3) is 2.62. The lowest BCUT2D eigenvalue weighted by atomic mass is 10.1. The largest absolute Gasteiger partial charge is 0.497 e. The van der Waals surface area contributed by atoms with Crippen molar-refractivity contribution >= 4 is 16.0 Å². The van der Waals surface area contributed by atoms with E-state index in [4.69, 9.17) is 10.5 Å². The second kappa shape index (κ2) is 5.54. The summed E-state index contributed by atoms with van der Waals surface area (Å²) < 4.78 is 32.0. The molecule has 3 rings (SSSR count).